The van der Waals surface area contributed by atoms with Crippen LogP contribution in [0.1, 0.15) is 45.5 Å². The van der Waals surface area contributed by atoms with E-state index in [2.05, 4.69) is 0 Å². The van der Waals surface area contributed by atoms with Crippen LogP contribution in [0, 0.1) is 0 Å². The van der Waals surface area contributed by atoms with E-state index >= 15 is 0 Å². The van der Waals surface area contributed by atoms with Crippen molar-refractivity contribution in [3.63, 3.8) is 0 Å². The Hall–Kier alpha value is -5.84. The lowest BCUT2D eigenvalue weighted by atomic mass is 9.95. The third-order valence-electron chi connectivity index (χ3n) is 9.37. The second kappa shape index (κ2) is 11.4. The predicted molar refractivity (Wildman–Crippen MR) is 193 cm³/mol. The van der Waals surface area contributed by atoms with Gasteiger partial charge in [-0.15, -0.1) is 0 Å². The van der Waals surface area contributed by atoms with Gasteiger partial charge < -0.3 is 0 Å². The summed E-state index contributed by atoms with van der Waals surface area (Å²) in [6.07, 6.45) is 0. The predicted octanol–water partition coefficient (Wildman–Crippen LogP) is 7.74. The molecule has 10 heteroatoms. The first-order valence-electron chi connectivity index (χ1n) is 16.1. The molecule has 0 amide bonds. The molecular formula is C40H28N4O4S2. The molecule has 10 rings (SSSR count). The molecule has 4 aliphatic heterocycles. The third-order valence-corrected chi connectivity index (χ3v) is 13.0. The molecule has 0 aliphatic carbocycles. The summed E-state index contributed by atoms with van der Waals surface area (Å²) in [4.78, 5) is 10.1. The van der Waals surface area contributed by atoms with Crippen LogP contribution in [0.5, 0.6) is 0 Å². The smallest absolute Gasteiger partial charge is 0.237 e. The molecular weight excluding hydrogens is 665 g/mol. The summed E-state index contributed by atoms with van der Waals surface area (Å²) in [7, 11) is -7.29. The molecule has 4 aliphatic rings. The highest BCUT2D eigenvalue weighted by molar-refractivity contribution is 7.90. The minimum absolute atomic E-state index is 0.361. The highest BCUT2D eigenvalue weighted by Gasteiger charge is 2.49. The number of hydrogen-bond donors (Lipinski definition) is 0. The number of fused-ring (bicyclic) bond motifs is 10. The third kappa shape index (κ3) is 4.49. The molecule has 50 heavy (non-hydrogen) atoms. The molecule has 0 radical (unpaired) electrons. The van der Waals surface area contributed by atoms with Crippen molar-refractivity contribution >= 4 is 43.1 Å². The number of nitrogens with zero attached hydrogens (tertiary/aromatic N) is 4. The minimum atomic E-state index is -3.64. The van der Waals surface area contributed by atoms with Gasteiger partial charge in [-0.3, -0.25) is 0 Å². The van der Waals surface area contributed by atoms with Crippen molar-refractivity contribution in [1.29, 1.82) is 0 Å². The molecule has 0 bridgehead atoms. The summed E-state index contributed by atoms with van der Waals surface area (Å²) >= 11 is 0. The molecule has 2 atom stereocenters. The van der Waals surface area contributed by atoms with Crippen LogP contribution in [-0.2, 0) is 20.0 Å². The van der Waals surface area contributed by atoms with Crippen molar-refractivity contribution in [3.05, 3.63) is 191 Å². The lowest BCUT2D eigenvalue weighted by Crippen LogP contribution is -2.37. The summed E-state index contributed by atoms with van der Waals surface area (Å²) in [5, 5.41) is 0. The Kier molecular flexibility index (Phi) is 6.87. The standard InChI is InChI=1S/2C20H14N2O2S/c2*23-25(24)18-13-7-5-11-16(18)19-15-10-4-6-12-17(15)21-20(22(19)25)14-8-2-1-3-9-14/h2*1-13,19H/t2*19-/m10/s1. The van der Waals surface area contributed by atoms with Gasteiger partial charge in [-0.1, -0.05) is 133 Å². The van der Waals surface area contributed by atoms with E-state index in [0.717, 1.165) is 44.8 Å². The van der Waals surface area contributed by atoms with E-state index in [9.17, 15) is 16.8 Å². The molecule has 6 aromatic carbocycles. The van der Waals surface area contributed by atoms with Gasteiger partial charge in [-0.25, -0.2) is 35.4 Å². The Morgan fingerprint density at radius 2 is 0.700 bits per heavy atom. The number of benzene rings is 6. The average molecular weight is 693 g/mol. The molecule has 0 fully saturated rings. The van der Waals surface area contributed by atoms with Gasteiger partial charge in [0.1, 0.15) is 12.1 Å². The van der Waals surface area contributed by atoms with E-state index in [1.807, 2.05) is 133 Å². The van der Waals surface area contributed by atoms with Crippen LogP contribution < -0.4 is 0 Å². The van der Waals surface area contributed by atoms with Gasteiger partial charge in [0.25, 0.3) is 20.0 Å². The zero-order valence-corrected chi connectivity index (χ0v) is 28.0. The Labute approximate surface area is 290 Å². The Balaban J connectivity index is 0.000000135. The van der Waals surface area contributed by atoms with Crippen molar-refractivity contribution in [2.24, 2.45) is 9.98 Å². The molecule has 8 nitrogen and oxygen atoms in total. The van der Waals surface area contributed by atoms with Crippen molar-refractivity contribution in [3.8, 4) is 0 Å². The average Bonchev–Trinajstić information content (AvgIpc) is 3.56. The fraction of sp³-hybridized carbons (Fsp3) is 0.0500. The number of sulfonamides is 2. The molecule has 0 unspecified atom stereocenters. The summed E-state index contributed by atoms with van der Waals surface area (Å²) in [6, 6.07) is 48.1. The van der Waals surface area contributed by atoms with E-state index in [4.69, 9.17) is 9.98 Å². The van der Waals surface area contributed by atoms with Gasteiger partial charge in [0, 0.05) is 33.4 Å². The molecule has 0 spiro atoms. The topological polar surface area (TPSA) is 99.5 Å². The van der Waals surface area contributed by atoms with Crippen molar-refractivity contribution in [2.75, 3.05) is 0 Å². The Bertz CT molecular complexity index is 2420. The molecule has 0 saturated heterocycles. The van der Waals surface area contributed by atoms with Gasteiger partial charge in [-0.2, -0.15) is 0 Å². The van der Waals surface area contributed by atoms with E-state index in [1.165, 1.54) is 8.61 Å². The Morgan fingerprint density at radius 1 is 0.380 bits per heavy atom. The summed E-state index contributed by atoms with van der Waals surface area (Å²) in [6.45, 7) is 0. The van der Waals surface area contributed by atoms with Gasteiger partial charge >= 0.3 is 0 Å². The molecule has 0 N–H and O–H groups in total. The first-order valence-corrected chi connectivity index (χ1v) is 19.0. The summed E-state index contributed by atoms with van der Waals surface area (Å²) < 4.78 is 56.0. The highest BCUT2D eigenvalue weighted by atomic mass is 32.2. The first-order chi connectivity index (χ1) is 24.4. The first kappa shape index (κ1) is 30.2. The van der Waals surface area contributed by atoms with Crippen molar-refractivity contribution in [2.45, 2.75) is 21.9 Å². The van der Waals surface area contributed by atoms with Crippen LogP contribution in [0.3, 0.4) is 0 Å². The van der Waals surface area contributed by atoms with Gasteiger partial charge in [0.2, 0.25) is 0 Å². The maximum absolute atomic E-state index is 13.3. The number of amidine groups is 2. The van der Waals surface area contributed by atoms with Crippen LogP contribution in [0.15, 0.2) is 178 Å². The normalized spacial score (nSPS) is 19.6. The van der Waals surface area contributed by atoms with Crippen LogP contribution in [-0.4, -0.2) is 37.1 Å². The van der Waals surface area contributed by atoms with Gasteiger partial charge in [0.05, 0.1) is 21.2 Å². The van der Waals surface area contributed by atoms with Crippen LogP contribution in [0.25, 0.3) is 0 Å². The zero-order chi connectivity index (χ0) is 34.0. The quantitative estimate of drug-likeness (QED) is 0.185. The monoisotopic (exact) mass is 692 g/mol. The number of aliphatic imine (C=N–C) groups is 2. The van der Waals surface area contributed by atoms with E-state index in [1.54, 1.807) is 24.3 Å². The second-order valence-electron chi connectivity index (χ2n) is 12.2. The molecule has 4 heterocycles. The largest absolute Gasteiger partial charge is 0.266 e. The lowest BCUT2D eigenvalue weighted by molar-refractivity contribution is 0.497. The maximum Gasteiger partial charge on any atom is 0.266 e. The second-order valence-corrected chi connectivity index (χ2v) is 15.8. The number of rotatable bonds is 2. The SMILES string of the molecule is O=S1(=O)c2ccccc2[C@@H]2c3ccccc3N=C(c3ccccc3)N21.O=S1(=O)c2ccccc2[C@H]2c3ccccc3N=C(c3ccccc3)N21. The van der Waals surface area contributed by atoms with E-state index in [0.29, 0.717) is 21.5 Å². The molecule has 6 aromatic rings. The summed E-state index contributed by atoms with van der Waals surface area (Å²) in [5.41, 5.74) is 6.64. The number of para-hydroxylation sites is 2. The minimum Gasteiger partial charge on any atom is -0.237 e. The van der Waals surface area contributed by atoms with E-state index in [-0.39, 0.29) is 12.1 Å². The molecule has 0 aromatic heterocycles. The van der Waals surface area contributed by atoms with Gasteiger partial charge in [-0.05, 0) is 24.3 Å². The van der Waals surface area contributed by atoms with Crippen molar-refractivity contribution in [1.82, 2.24) is 8.61 Å². The van der Waals surface area contributed by atoms with Crippen LogP contribution in [0.4, 0.5) is 11.4 Å². The summed E-state index contributed by atoms with van der Waals surface area (Å²) in [5.74, 6) is 0.945. The van der Waals surface area contributed by atoms with Gasteiger partial charge in [0.15, 0.2) is 11.7 Å². The zero-order valence-electron chi connectivity index (χ0n) is 26.4. The molecule has 0 saturated carbocycles. The molecule has 244 valence electrons. The van der Waals surface area contributed by atoms with Crippen molar-refractivity contribution < 1.29 is 16.8 Å². The lowest BCUT2D eigenvalue weighted by Gasteiger charge is -2.32. The fourth-order valence-electron chi connectivity index (χ4n) is 7.21. The van der Waals surface area contributed by atoms with E-state index < -0.39 is 20.0 Å². The number of hydrogen-bond acceptors (Lipinski definition) is 6. The Morgan fingerprint density at radius 3 is 1.10 bits per heavy atom. The fourth-order valence-corrected chi connectivity index (χ4v) is 10.8. The highest BCUT2D eigenvalue weighted by Crippen LogP contribution is 2.50. The van der Waals surface area contributed by atoms with Crippen LogP contribution >= 0.6 is 0 Å². The van der Waals surface area contributed by atoms with Crippen LogP contribution in [0.2, 0.25) is 0 Å². The maximum atomic E-state index is 13.3.